The van der Waals surface area contributed by atoms with Gasteiger partial charge in [-0.1, -0.05) is 12.8 Å². The Hall–Kier alpha value is 0.690. The number of hydrogen-bond acceptors (Lipinski definition) is 1. The Balaban J connectivity index is 0.000000360. The average Bonchev–Trinajstić information content (AvgIpc) is 1.86. The molecule has 1 aliphatic rings. The molecule has 0 heterocycles. The monoisotopic (exact) mass is 213 g/mol. The maximum absolute atomic E-state index is 5.53. The Kier molecular flexibility index (Phi) is 4.02. The Labute approximate surface area is 61.7 Å². The summed E-state index contributed by atoms with van der Waals surface area (Å²) >= 11 is 0. The lowest BCUT2D eigenvalue weighted by atomic mass is 10.3. The Morgan fingerprint density at radius 2 is 1.57 bits per heavy atom. The normalized spacial score (nSPS) is 21.9. The van der Waals surface area contributed by atoms with Gasteiger partial charge in [0.25, 0.3) is 0 Å². The smallest absolute Gasteiger partial charge is 0.00388 e. The van der Waals surface area contributed by atoms with E-state index in [0.717, 1.165) is 0 Å². The molecule has 2 N–H and O–H groups in total. The highest BCUT2D eigenvalue weighted by atomic mass is 127. The third-order valence-corrected chi connectivity index (χ3v) is 1.40. The van der Waals surface area contributed by atoms with Crippen LogP contribution in [0.15, 0.2) is 0 Å². The first kappa shape index (κ1) is 7.69. The van der Waals surface area contributed by atoms with E-state index in [1.165, 1.54) is 25.7 Å². The van der Waals surface area contributed by atoms with Crippen LogP contribution >= 0.6 is 24.0 Å². The summed E-state index contributed by atoms with van der Waals surface area (Å²) in [6, 6.07) is 0.546. The zero-order valence-electron chi connectivity index (χ0n) is 4.39. The summed E-state index contributed by atoms with van der Waals surface area (Å²) < 4.78 is 0. The van der Waals surface area contributed by atoms with Crippen LogP contribution in [0.2, 0.25) is 0 Å². The summed E-state index contributed by atoms with van der Waals surface area (Å²) in [5.41, 5.74) is 5.53. The Morgan fingerprint density at radius 1 is 1.14 bits per heavy atom. The third-order valence-electron chi connectivity index (χ3n) is 1.40. The van der Waals surface area contributed by atoms with Gasteiger partial charge in [-0.25, -0.2) is 0 Å². The molecule has 0 aromatic rings. The largest absolute Gasteiger partial charge is 0.328 e. The van der Waals surface area contributed by atoms with Crippen molar-refractivity contribution in [1.29, 1.82) is 0 Å². The predicted molar refractivity (Wildman–Crippen MR) is 41.9 cm³/mol. The number of rotatable bonds is 0. The van der Waals surface area contributed by atoms with Gasteiger partial charge in [-0.3, -0.25) is 0 Å². The number of nitrogens with two attached hydrogens (primary N) is 1. The lowest BCUT2D eigenvalue weighted by Crippen LogP contribution is -2.13. The van der Waals surface area contributed by atoms with E-state index in [2.05, 4.69) is 0 Å². The van der Waals surface area contributed by atoms with Gasteiger partial charge < -0.3 is 5.73 Å². The minimum Gasteiger partial charge on any atom is -0.328 e. The van der Waals surface area contributed by atoms with Crippen LogP contribution in [0.1, 0.15) is 25.7 Å². The fourth-order valence-corrected chi connectivity index (χ4v) is 0.957. The van der Waals surface area contributed by atoms with Crippen LogP contribution in [0.25, 0.3) is 0 Å². The van der Waals surface area contributed by atoms with Crippen LogP contribution in [0.4, 0.5) is 0 Å². The van der Waals surface area contributed by atoms with E-state index in [1.54, 1.807) is 0 Å². The molecular weight excluding hydrogens is 201 g/mol. The standard InChI is InChI=1S/C5H11N.HI/c6-5-3-1-2-4-5;/h5H,1-4,6H2;1H. The molecule has 7 heavy (non-hydrogen) atoms. The van der Waals surface area contributed by atoms with Crippen LogP contribution in [0.5, 0.6) is 0 Å². The summed E-state index contributed by atoms with van der Waals surface area (Å²) in [7, 11) is 0. The molecule has 0 spiro atoms. The van der Waals surface area contributed by atoms with Crippen LogP contribution in [0, 0.1) is 0 Å². The van der Waals surface area contributed by atoms with Crippen molar-refractivity contribution >= 4 is 24.0 Å². The summed E-state index contributed by atoms with van der Waals surface area (Å²) in [5, 5.41) is 0. The van der Waals surface area contributed by atoms with E-state index >= 15 is 0 Å². The van der Waals surface area contributed by atoms with E-state index in [-0.39, 0.29) is 24.0 Å². The van der Waals surface area contributed by atoms with E-state index in [9.17, 15) is 0 Å². The molecule has 44 valence electrons. The Morgan fingerprint density at radius 3 is 1.71 bits per heavy atom. The van der Waals surface area contributed by atoms with Gasteiger partial charge in [0.15, 0.2) is 0 Å². The third kappa shape index (κ3) is 2.49. The molecule has 1 saturated carbocycles. The molecule has 0 aliphatic heterocycles. The number of hydrogen-bond donors (Lipinski definition) is 1. The van der Waals surface area contributed by atoms with Gasteiger partial charge >= 0.3 is 0 Å². The molecule has 1 aliphatic carbocycles. The SMILES string of the molecule is I.NC1CCCC1. The van der Waals surface area contributed by atoms with Crippen LogP contribution in [0.3, 0.4) is 0 Å². The maximum atomic E-state index is 5.53. The lowest BCUT2D eigenvalue weighted by molar-refractivity contribution is 0.704. The van der Waals surface area contributed by atoms with Gasteiger partial charge in [0.2, 0.25) is 0 Å². The van der Waals surface area contributed by atoms with Gasteiger partial charge in [-0.05, 0) is 12.8 Å². The van der Waals surface area contributed by atoms with Gasteiger partial charge in [-0.2, -0.15) is 0 Å². The van der Waals surface area contributed by atoms with Crippen molar-refractivity contribution in [2.75, 3.05) is 0 Å². The molecule has 1 nitrogen and oxygen atoms in total. The first-order chi connectivity index (χ1) is 2.89. The average molecular weight is 213 g/mol. The molecule has 1 fully saturated rings. The second-order valence-corrected chi connectivity index (χ2v) is 2.04. The fourth-order valence-electron chi connectivity index (χ4n) is 0.957. The van der Waals surface area contributed by atoms with E-state index in [4.69, 9.17) is 5.73 Å². The second-order valence-electron chi connectivity index (χ2n) is 2.04. The maximum Gasteiger partial charge on any atom is 0.00388 e. The molecule has 0 unspecified atom stereocenters. The topological polar surface area (TPSA) is 26.0 Å². The second kappa shape index (κ2) is 3.66. The fraction of sp³-hybridized carbons (Fsp3) is 1.00. The highest BCUT2D eigenvalue weighted by Gasteiger charge is 2.07. The zero-order chi connectivity index (χ0) is 4.41. The minimum atomic E-state index is 0. The molecule has 2 heteroatoms. The quantitative estimate of drug-likeness (QED) is 0.606. The van der Waals surface area contributed by atoms with Gasteiger partial charge in [-0.15, -0.1) is 24.0 Å². The highest BCUT2D eigenvalue weighted by molar-refractivity contribution is 14.0. The van der Waals surface area contributed by atoms with Crippen molar-refractivity contribution in [2.45, 2.75) is 31.7 Å². The zero-order valence-corrected chi connectivity index (χ0v) is 6.72. The van der Waals surface area contributed by atoms with Gasteiger partial charge in [0, 0.05) is 6.04 Å². The van der Waals surface area contributed by atoms with Crippen molar-refractivity contribution in [3.05, 3.63) is 0 Å². The minimum absolute atomic E-state index is 0. The van der Waals surface area contributed by atoms with Crippen molar-refractivity contribution in [3.63, 3.8) is 0 Å². The van der Waals surface area contributed by atoms with Crippen molar-refractivity contribution in [3.8, 4) is 0 Å². The van der Waals surface area contributed by atoms with E-state index in [0.29, 0.717) is 6.04 Å². The molecule has 0 radical (unpaired) electrons. The molecule has 0 amide bonds. The Bertz CT molecular complexity index is 41.3. The molecule has 1 rings (SSSR count). The lowest BCUT2D eigenvalue weighted by Gasteiger charge is -1.92. The highest BCUT2D eigenvalue weighted by Crippen LogP contribution is 2.14. The van der Waals surface area contributed by atoms with Crippen molar-refractivity contribution in [2.24, 2.45) is 5.73 Å². The van der Waals surface area contributed by atoms with Crippen LogP contribution in [-0.4, -0.2) is 6.04 Å². The van der Waals surface area contributed by atoms with Crippen LogP contribution in [-0.2, 0) is 0 Å². The molecule has 0 bridgehead atoms. The van der Waals surface area contributed by atoms with E-state index in [1.807, 2.05) is 0 Å². The first-order valence-corrected chi connectivity index (χ1v) is 2.65. The van der Waals surface area contributed by atoms with Crippen molar-refractivity contribution in [1.82, 2.24) is 0 Å². The summed E-state index contributed by atoms with van der Waals surface area (Å²) in [6.45, 7) is 0. The molecular formula is C5H12IN. The van der Waals surface area contributed by atoms with Gasteiger partial charge in [0.05, 0.1) is 0 Å². The first-order valence-electron chi connectivity index (χ1n) is 2.65. The van der Waals surface area contributed by atoms with E-state index < -0.39 is 0 Å². The number of halogens is 1. The summed E-state index contributed by atoms with van der Waals surface area (Å²) in [5.74, 6) is 0. The molecule has 0 aromatic carbocycles. The molecule has 0 saturated heterocycles. The molecule has 0 aromatic heterocycles. The predicted octanol–water partition coefficient (Wildman–Crippen LogP) is 1.51. The van der Waals surface area contributed by atoms with Crippen LogP contribution < -0.4 is 5.73 Å². The van der Waals surface area contributed by atoms with Crippen molar-refractivity contribution < 1.29 is 0 Å². The summed E-state index contributed by atoms with van der Waals surface area (Å²) in [4.78, 5) is 0. The van der Waals surface area contributed by atoms with Gasteiger partial charge in [0.1, 0.15) is 0 Å². The molecule has 0 atom stereocenters. The summed E-state index contributed by atoms with van der Waals surface area (Å²) in [6.07, 6.45) is 5.25.